The first kappa shape index (κ1) is 10.5. The van der Waals surface area contributed by atoms with Gasteiger partial charge in [0.1, 0.15) is 0 Å². The van der Waals surface area contributed by atoms with Gasteiger partial charge in [0.15, 0.2) is 0 Å². The van der Waals surface area contributed by atoms with E-state index in [4.69, 9.17) is 5.11 Å². The molecular formula is C10H19NO2. The van der Waals surface area contributed by atoms with Gasteiger partial charge in [-0.1, -0.05) is 6.92 Å². The van der Waals surface area contributed by atoms with Gasteiger partial charge in [-0.15, -0.1) is 0 Å². The number of hydrogen-bond donors (Lipinski definition) is 1. The Kier molecular flexibility index (Phi) is 3.72. The van der Waals surface area contributed by atoms with Crippen molar-refractivity contribution in [3.8, 4) is 0 Å². The molecule has 3 heteroatoms. The average molecular weight is 185 g/mol. The van der Waals surface area contributed by atoms with Gasteiger partial charge in [-0.3, -0.25) is 4.79 Å². The third-order valence-corrected chi connectivity index (χ3v) is 2.85. The van der Waals surface area contributed by atoms with E-state index in [0.717, 1.165) is 25.4 Å². The Bertz CT molecular complexity index is 182. The summed E-state index contributed by atoms with van der Waals surface area (Å²) in [6, 6.07) is 0.432. The quantitative estimate of drug-likeness (QED) is 0.723. The van der Waals surface area contributed by atoms with Crippen LogP contribution in [0.1, 0.15) is 33.1 Å². The van der Waals surface area contributed by atoms with Crippen LogP contribution in [0, 0.1) is 5.92 Å². The van der Waals surface area contributed by atoms with Crippen LogP contribution in [0.4, 0.5) is 0 Å². The lowest BCUT2D eigenvalue weighted by molar-refractivity contribution is -0.137. The van der Waals surface area contributed by atoms with Crippen molar-refractivity contribution >= 4 is 5.97 Å². The van der Waals surface area contributed by atoms with Crippen LogP contribution in [0.25, 0.3) is 0 Å². The lowest BCUT2D eigenvalue weighted by atomic mass is 10.1. The molecule has 1 aliphatic rings. The van der Waals surface area contributed by atoms with E-state index in [1.807, 2.05) is 0 Å². The van der Waals surface area contributed by atoms with Crippen LogP contribution in [0.2, 0.25) is 0 Å². The van der Waals surface area contributed by atoms with Gasteiger partial charge in [-0.05, 0) is 32.2 Å². The molecule has 0 aliphatic carbocycles. The normalized spacial score (nSPS) is 26.2. The molecule has 1 aliphatic heterocycles. The molecule has 0 amide bonds. The Hall–Kier alpha value is -0.570. The van der Waals surface area contributed by atoms with Crippen molar-refractivity contribution in [1.82, 2.24) is 4.90 Å². The number of nitrogens with zero attached hydrogens (tertiary/aromatic N) is 1. The number of carboxylic acid groups (broad SMARTS) is 1. The smallest absolute Gasteiger partial charge is 0.303 e. The summed E-state index contributed by atoms with van der Waals surface area (Å²) in [5.74, 6) is 0.103. The Morgan fingerprint density at radius 2 is 2.38 bits per heavy atom. The Labute approximate surface area is 79.7 Å². The van der Waals surface area contributed by atoms with E-state index < -0.39 is 5.97 Å². The SMILES string of the molecule is CC1CCN(C(C)CCC(=O)O)C1. The second-order valence-electron chi connectivity index (χ2n) is 4.17. The number of rotatable bonds is 4. The van der Waals surface area contributed by atoms with Gasteiger partial charge in [0.25, 0.3) is 0 Å². The molecule has 1 N–H and O–H groups in total. The monoisotopic (exact) mass is 185 g/mol. The predicted molar refractivity (Wildman–Crippen MR) is 51.7 cm³/mol. The first-order valence-electron chi connectivity index (χ1n) is 5.05. The average Bonchev–Trinajstić information content (AvgIpc) is 2.47. The van der Waals surface area contributed by atoms with Crippen LogP contribution in [-0.2, 0) is 4.79 Å². The summed E-state index contributed by atoms with van der Waals surface area (Å²) in [5, 5.41) is 8.54. The molecule has 0 aromatic heterocycles. The van der Waals surface area contributed by atoms with Crippen molar-refractivity contribution in [2.45, 2.75) is 39.2 Å². The first-order chi connectivity index (χ1) is 6.09. The molecule has 13 heavy (non-hydrogen) atoms. The van der Waals surface area contributed by atoms with Crippen molar-refractivity contribution in [3.63, 3.8) is 0 Å². The predicted octanol–water partition coefficient (Wildman–Crippen LogP) is 1.58. The summed E-state index contributed by atoms with van der Waals surface area (Å²) in [4.78, 5) is 12.8. The zero-order valence-corrected chi connectivity index (χ0v) is 8.49. The van der Waals surface area contributed by atoms with Crippen LogP contribution in [-0.4, -0.2) is 35.1 Å². The largest absolute Gasteiger partial charge is 0.481 e. The standard InChI is InChI=1S/C10H19NO2/c1-8-5-6-11(7-8)9(2)3-4-10(12)13/h8-9H,3-7H2,1-2H3,(H,12,13). The molecule has 2 unspecified atom stereocenters. The second-order valence-corrected chi connectivity index (χ2v) is 4.17. The number of hydrogen-bond acceptors (Lipinski definition) is 2. The second kappa shape index (κ2) is 4.61. The number of likely N-dealkylation sites (tertiary alicyclic amines) is 1. The Morgan fingerprint density at radius 1 is 1.69 bits per heavy atom. The van der Waals surface area contributed by atoms with Gasteiger partial charge in [0, 0.05) is 19.0 Å². The fourth-order valence-electron chi connectivity index (χ4n) is 1.88. The Morgan fingerprint density at radius 3 is 2.85 bits per heavy atom. The maximum absolute atomic E-state index is 10.4. The first-order valence-corrected chi connectivity index (χ1v) is 5.05. The molecule has 0 saturated carbocycles. The highest BCUT2D eigenvalue weighted by Crippen LogP contribution is 2.19. The number of carboxylic acids is 1. The van der Waals surface area contributed by atoms with Crippen LogP contribution in [0.15, 0.2) is 0 Å². The molecule has 1 fully saturated rings. The minimum atomic E-state index is -0.681. The van der Waals surface area contributed by atoms with Gasteiger partial charge < -0.3 is 10.0 Å². The summed E-state index contributed by atoms with van der Waals surface area (Å²) in [7, 11) is 0. The van der Waals surface area contributed by atoms with Gasteiger partial charge in [0.05, 0.1) is 0 Å². The number of carbonyl (C=O) groups is 1. The van der Waals surface area contributed by atoms with Crippen molar-refractivity contribution in [3.05, 3.63) is 0 Å². The molecule has 1 saturated heterocycles. The van der Waals surface area contributed by atoms with Crippen LogP contribution >= 0.6 is 0 Å². The fraction of sp³-hybridized carbons (Fsp3) is 0.900. The van der Waals surface area contributed by atoms with Crippen molar-refractivity contribution in [2.24, 2.45) is 5.92 Å². The Balaban J connectivity index is 2.23. The molecule has 0 aromatic carbocycles. The highest BCUT2D eigenvalue weighted by molar-refractivity contribution is 5.66. The van der Waals surface area contributed by atoms with Crippen LogP contribution < -0.4 is 0 Å². The lowest BCUT2D eigenvalue weighted by Crippen LogP contribution is -2.31. The van der Waals surface area contributed by atoms with Crippen LogP contribution in [0.5, 0.6) is 0 Å². The lowest BCUT2D eigenvalue weighted by Gasteiger charge is -2.23. The fourth-order valence-corrected chi connectivity index (χ4v) is 1.88. The van der Waals surface area contributed by atoms with Crippen molar-refractivity contribution in [1.29, 1.82) is 0 Å². The van der Waals surface area contributed by atoms with Gasteiger partial charge in [0.2, 0.25) is 0 Å². The molecule has 2 atom stereocenters. The molecule has 3 nitrogen and oxygen atoms in total. The van der Waals surface area contributed by atoms with E-state index in [9.17, 15) is 4.79 Å². The zero-order valence-electron chi connectivity index (χ0n) is 8.49. The molecule has 0 bridgehead atoms. The summed E-state index contributed by atoms with van der Waals surface area (Å²) >= 11 is 0. The summed E-state index contributed by atoms with van der Waals surface area (Å²) in [5.41, 5.74) is 0. The molecule has 76 valence electrons. The molecule has 1 rings (SSSR count). The topological polar surface area (TPSA) is 40.5 Å². The third kappa shape index (κ3) is 3.35. The van der Waals surface area contributed by atoms with Gasteiger partial charge in [-0.25, -0.2) is 0 Å². The summed E-state index contributed by atoms with van der Waals surface area (Å²) in [6.07, 6.45) is 2.34. The highest BCUT2D eigenvalue weighted by Gasteiger charge is 2.22. The van der Waals surface area contributed by atoms with Crippen molar-refractivity contribution in [2.75, 3.05) is 13.1 Å². The maximum atomic E-state index is 10.4. The minimum absolute atomic E-state index is 0.298. The minimum Gasteiger partial charge on any atom is -0.481 e. The molecule has 0 aromatic rings. The van der Waals surface area contributed by atoms with Gasteiger partial charge in [-0.2, -0.15) is 0 Å². The maximum Gasteiger partial charge on any atom is 0.303 e. The van der Waals surface area contributed by atoms with Gasteiger partial charge >= 0.3 is 5.97 Å². The van der Waals surface area contributed by atoms with Crippen LogP contribution in [0.3, 0.4) is 0 Å². The van der Waals surface area contributed by atoms with E-state index >= 15 is 0 Å². The van der Waals surface area contributed by atoms with E-state index in [-0.39, 0.29) is 0 Å². The van der Waals surface area contributed by atoms with Crippen molar-refractivity contribution < 1.29 is 9.90 Å². The van der Waals surface area contributed by atoms with E-state index in [1.54, 1.807) is 0 Å². The van der Waals surface area contributed by atoms with E-state index in [0.29, 0.717) is 12.5 Å². The molecular weight excluding hydrogens is 166 g/mol. The highest BCUT2D eigenvalue weighted by atomic mass is 16.4. The third-order valence-electron chi connectivity index (χ3n) is 2.85. The van der Waals surface area contributed by atoms with E-state index in [1.165, 1.54) is 6.42 Å². The summed E-state index contributed by atoms with van der Waals surface area (Å²) < 4.78 is 0. The zero-order chi connectivity index (χ0) is 9.84. The molecule has 0 spiro atoms. The molecule has 0 radical (unpaired) electrons. The number of aliphatic carboxylic acids is 1. The molecule has 1 heterocycles. The summed E-state index contributed by atoms with van der Waals surface area (Å²) in [6.45, 7) is 6.66. The van der Waals surface area contributed by atoms with E-state index in [2.05, 4.69) is 18.7 Å².